The van der Waals surface area contributed by atoms with E-state index >= 15 is 0 Å². The molecule has 0 saturated carbocycles. The molecule has 0 heterocycles. The van der Waals surface area contributed by atoms with Crippen LogP contribution in [0.2, 0.25) is 0 Å². The molecule has 1 rings (SSSR count). The number of amides is 1. The van der Waals surface area contributed by atoms with Crippen molar-refractivity contribution in [3.8, 4) is 11.5 Å². The Labute approximate surface area is 95.3 Å². The van der Waals surface area contributed by atoms with Crippen LogP contribution in [0.4, 0.5) is 0 Å². The Morgan fingerprint density at radius 1 is 1.19 bits per heavy atom. The lowest BCUT2D eigenvalue weighted by molar-refractivity contribution is -0.117. The SMILES string of the molecule is CCOc1ccc(CC(N)=O)cc1OCC. The number of carbonyl (C=O) groups excluding carboxylic acids is 1. The summed E-state index contributed by atoms with van der Waals surface area (Å²) in [4.78, 5) is 10.8. The third kappa shape index (κ3) is 3.46. The van der Waals surface area contributed by atoms with E-state index in [0.29, 0.717) is 24.7 Å². The zero-order valence-corrected chi connectivity index (χ0v) is 9.66. The summed E-state index contributed by atoms with van der Waals surface area (Å²) in [5.74, 6) is 0.993. The van der Waals surface area contributed by atoms with Crippen LogP contribution < -0.4 is 15.2 Å². The molecule has 0 fully saturated rings. The van der Waals surface area contributed by atoms with Gasteiger partial charge in [-0.1, -0.05) is 6.07 Å². The number of hydrogen-bond donors (Lipinski definition) is 1. The van der Waals surface area contributed by atoms with Crippen molar-refractivity contribution in [1.29, 1.82) is 0 Å². The molecule has 4 nitrogen and oxygen atoms in total. The van der Waals surface area contributed by atoms with Crippen LogP contribution in [0, 0.1) is 0 Å². The Balaban J connectivity index is 2.92. The first-order chi connectivity index (χ1) is 7.67. The standard InChI is InChI=1S/C12H17NO3/c1-3-15-10-6-5-9(8-12(13)14)7-11(10)16-4-2/h5-7H,3-4,8H2,1-2H3,(H2,13,14). The van der Waals surface area contributed by atoms with Crippen LogP contribution in [0.25, 0.3) is 0 Å². The molecule has 0 bridgehead atoms. The maximum absolute atomic E-state index is 10.8. The molecule has 0 atom stereocenters. The molecule has 0 aliphatic heterocycles. The van der Waals surface area contributed by atoms with Crippen LogP contribution in [0.3, 0.4) is 0 Å². The first-order valence-corrected chi connectivity index (χ1v) is 5.34. The minimum absolute atomic E-state index is 0.215. The Morgan fingerprint density at radius 3 is 2.38 bits per heavy atom. The first-order valence-electron chi connectivity index (χ1n) is 5.34. The number of primary amides is 1. The van der Waals surface area contributed by atoms with Gasteiger partial charge in [-0.25, -0.2) is 0 Å². The fourth-order valence-corrected chi connectivity index (χ4v) is 1.41. The van der Waals surface area contributed by atoms with E-state index in [1.807, 2.05) is 19.9 Å². The van der Waals surface area contributed by atoms with Gasteiger partial charge in [0.15, 0.2) is 11.5 Å². The second kappa shape index (κ2) is 6.00. The van der Waals surface area contributed by atoms with Crippen molar-refractivity contribution in [2.45, 2.75) is 20.3 Å². The lowest BCUT2D eigenvalue weighted by Crippen LogP contribution is -2.13. The number of carbonyl (C=O) groups is 1. The highest BCUT2D eigenvalue weighted by Gasteiger charge is 2.07. The molecule has 4 heteroatoms. The van der Waals surface area contributed by atoms with Crippen LogP contribution in [-0.4, -0.2) is 19.1 Å². The summed E-state index contributed by atoms with van der Waals surface area (Å²) < 4.78 is 10.8. The number of nitrogens with two attached hydrogens (primary N) is 1. The Morgan fingerprint density at radius 2 is 1.81 bits per heavy atom. The lowest BCUT2D eigenvalue weighted by Gasteiger charge is -2.11. The molecule has 2 N–H and O–H groups in total. The van der Waals surface area contributed by atoms with Crippen molar-refractivity contribution in [2.24, 2.45) is 5.73 Å². The summed E-state index contributed by atoms with van der Waals surface area (Å²) in [6.07, 6.45) is 0.215. The highest BCUT2D eigenvalue weighted by atomic mass is 16.5. The average molecular weight is 223 g/mol. The van der Waals surface area contributed by atoms with Gasteiger partial charge in [-0.05, 0) is 31.5 Å². The third-order valence-corrected chi connectivity index (χ3v) is 1.99. The van der Waals surface area contributed by atoms with Crippen LogP contribution in [0.1, 0.15) is 19.4 Å². The molecule has 0 unspecified atom stereocenters. The molecule has 1 aromatic carbocycles. The summed E-state index contributed by atoms with van der Waals surface area (Å²) in [5, 5.41) is 0. The normalized spacial score (nSPS) is 9.88. The minimum atomic E-state index is -0.355. The first kappa shape index (κ1) is 12.4. The Kier molecular flexibility index (Phi) is 4.64. The van der Waals surface area contributed by atoms with E-state index in [0.717, 1.165) is 5.56 Å². The molecule has 0 spiro atoms. The van der Waals surface area contributed by atoms with Crippen LogP contribution in [0.5, 0.6) is 11.5 Å². The molecule has 0 aliphatic rings. The van der Waals surface area contributed by atoms with Gasteiger partial charge < -0.3 is 15.2 Å². The summed E-state index contributed by atoms with van der Waals surface area (Å²) >= 11 is 0. The average Bonchev–Trinajstić information content (AvgIpc) is 2.21. The van der Waals surface area contributed by atoms with Crippen LogP contribution >= 0.6 is 0 Å². The van der Waals surface area contributed by atoms with E-state index in [4.69, 9.17) is 15.2 Å². The Bertz CT molecular complexity index is 363. The lowest BCUT2D eigenvalue weighted by atomic mass is 10.1. The molecule has 88 valence electrons. The molecule has 16 heavy (non-hydrogen) atoms. The molecule has 1 aromatic rings. The van der Waals surface area contributed by atoms with E-state index in [1.165, 1.54) is 0 Å². The van der Waals surface area contributed by atoms with Crippen molar-refractivity contribution in [3.63, 3.8) is 0 Å². The van der Waals surface area contributed by atoms with Gasteiger partial charge >= 0.3 is 0 Å². The van der Waals surface area contributed by atoms with Gasteiger partial charge in [0.2, 0.25) is 5.91 Å². The minimum Gasteiger partial charge on any atom is -0.490 e. The predicted molar refractivity (Wildman–Crippen MR) is 61.7 cm³/mol. The van der Waals surface area contributed by atoms with Crippen LogP contribution in [-0.2, 0) is 11.2 Å². The molecule has 0 radical (unpaired) electrons. The van der Waals surface area contributed by atoms with Crippen molar-refractivity contribution < 1.29 is 14.3 Å². The molecular formula is C12H17NO3. The summed E-state index contributed by atoms with van der Waals surface area (Å²) in [6.45, 7) is 4.94. The quantitative estimate of drug-likeness (QED) is 0.795. The van der Waals surface area contributed by atoms with Crippen molar-refractivity contribution in [2.75, 3.05) is 13.2 Å². The van der Waals surface area contributed by atoms with Gasteiger partial charge in [0.25, 0.3) is 0 Å². The van der Waals surface area contributed by atoms with E-state index in [1.54, 1.807) is 12.1 Å². The van der Waals surface area contributed by atoms with Gasteiger partial charge in [0.05, 0.1) is 19.6 Å². The second-order valence-corrected chi connectivity index (χ2v) is 3.29. The fourth-order valence-electron chi connectivity index (χ4n) is 1.41. The van der Waals surface area contributed by atoms with E-state index in [9.17, 15) is 4.79 Å². The number of ether oxygens (including phenoxy) is 2. The molecule has 0 saturated heterocycles. The zero-order valence-electron chi connectivity index (χ0n) is 9.66. The molecular weight excluding hydrogens is 206 g/mol. The third-order valence-electron chi connectivity index (χ3n) is 1.99. The number of benzene rings is 1. The number of rotatable bonds is 6. The van der Waals surface area contributed by atoms with Gasteiger partial charge in [0.1, 0.15) is 0 Å². The predicted octanol–water partition coefficient (Wildman–Crippen LogP) is 1.51. The Hall–Kier alpha value is -1.71. The maximum Gasteiger partial charge on any atom is 0.221 e. The van der Waals surface area contributed by atoms with E-state index in [-0.39, 0.29) is 12.3 Å². The maximum atomic E-state index is 10.8. The summed E-state index contributed by atoms with van der Waals surface area (Å²) in [6, 6.07) is 5.41. The highest BCUT2D eigenvalue weighted by molar-refractivity contribution is 5.76. The highest BCUT2D eigenvalue weighted by Crippen LogP contribution is 2.28. The summed E-state index contributed by atoms with van der Waals surface area (Å²) in [5.41, 5.74) is 5.97. The smallest absolute Gasteiger partial charge is 0.221 e. The summed E-state index contributed by atoms with van der Waals surface area (Å²) in [7, 11) is 0. The fraction of sp³-hybridized carbons (Fsp3) is 0.417. The van der Waals surface area contributed by atoms with E-state index in [2.05, 4.69) is 0 Å². The van der Waals surface area contributed by atoms with Crippen molar-refractivity contribution in [3.05, 3.63) is 23.8 Å². The largest absolute Gasteiger partial charge is 0.490 e. The number of hydrogen-bond acceptors (Lipinski definition) is 3. The van der Waals surface area contributed by atoms with Gasteiger partial charge in [-0.2, -0.15) is 0 Å². The second-order valence-electron chi connectivity index (χ2n) is 3.29. The van der Waals surface area contributed by atoms with E-state index < -0.39 is 0 Å². The molecule has 0 aliphatic carbocycles. The zero-order chi connectivity index (χ0) is 12.0. The van der Waals surface area contributed by atoms with Crippen LogP contribution in [0.15, 0.2) is 18.2 Å². The monoisotopic (exact) mass is 223 g/mol. The van der Waals surface area contributed by atoms with Gasteiger partial charge in [-0.3, -0.25) is 4.79 Å². The van der Waals surface area contributed by atoms with Gasteiger partial charge in [-0.15, -0.1) is 0 Å². The molecule has 0 aromatic heterocycles. The van der Waals surface area contributed by atoms with Crippen molar-refractivity contribution in [1.82, 2.24) is 0 Å². The van der Waals surface area contributed by atoms with Crippen molar-refractivity contribution >= 4 is 5.91 Å². The molecule has 1 amide bonds. The van der Waals surface area contributed by atoms with Gasteiger partial charge in [0, 0.05) is 0 Å². The topological polar surface area (TPSA) is 61.5 Å².